The highest BCUT2D eigenvalue weighted by Gasteiger charge is 2.41. The number of carbonyl (C=O) groups excluding carboxylic acids is 1. The molecule has 0 radical (unpaired) electrons. The van der Waals surface area contributed by atoms with Crippen LogP contribution in [0.15, 0.2) is 42.6 Å². The van der Waals surface area contributed by atoms with Crippen molar-refractivity contribution in [3.05, 3.63) is 48.2 Å². The van der Waals surface area contributed by atoms with Gasteiger partial charge in [-0.05, 0) is 38.7 Å². The maximum atomic E-state index is 13.2. The van der Waals surface area contributed by atoms with Crippen molar-refractivity contribution in [2.75, 3.05) is 6.54 Å². The van der Waals surface area contributed by atoms with Crippen LogP contribution in [-0.2, 0) is 6.54 Å². The molecule has 4 rings (SSSR count). The van der Waals surface area contributed by atoms with E-state index in [0.29, 0.717) is 24.6 Å². The monoisotopic (exact) mass is 363 g/mol. The van der Waals surface area contributed by atoms with Gasteiger partial charge < -0.3 is 11.1 Å². The zero-order valence-corrected chi connectivity index (χ0v) is 15.8. The number of nitrogens with two attached hydrogens (primary N) is 1. The predicted octanol–water partition coefficient (Wildman–Crippen LogP) is 2.98. The highest BCUT2D eigenvalue weighted by molar-refractivity contribution is 6.06. The Bertz CT molecular complexity index is 977. The number of benzene rings is 1. The molecule has 0 bridgehead atoms. The van der Waals surface area contributed by atoms with Crippen molar-refractivity contribution < 1.29 is 4.79 Å². The fraction of sp³-hybridized carbons (Fsp3) is 0.381. The van der Waals surface area contributed by atoms with Gasteiger partial charge in [0.25, 0.3) is 5.91 Å². The molecule has 0 aliphatic heterocycles. The molecule has 3 aromatic rings. The van der Waals surface area contributed by atoms with Gasteiger partial charge in [0, 0.05) is 18.7 Å². The zero-order chi connectivity index (χ0) is 19.0. The van der Waals surface area contributed by atoms with Gasteiger partial charge in [0.05, 0.1) is 28.4 Å². The van der Waals surface area contributed by atoms with E-state index in [0.717, 1.165) is 35.1 Å². The molecule has 6 nitrogen and oxygen atoms in total. The minimum atomic E-state index is -0.375. The lowest BCUT2D eigenvalue weighted by molar-refractivity contribution is 0.0899. The van der Waals surface area contributed by atoms with Crippen LogP contribution in [0.1, 0.15) is 37.0 Å². The molecular formula is C21H25N5O. The Hall–Kier alpha value is -2.73. The SMILES string of the molecule is CCn1ncc2c(C(=O)NC(C)(CN)C3CC3)cc(-c3ccccc3)nc21. The Labute approximate surface area is 158 Å². The number of carbonyl (C=O) groups is 1. The minimum absolute atomic E-state index is 0.116. The number of hydrogen-bond acceptors (Lipinski definition) is 4. The van der Waals surface area contributed by atoms with E-state index in [4.69, 9.17) is 10.7 Å². The molecule has 1 atom stereocenters. The quantitative estimate of drug-likeness (QED) is 0.705. The van der Waals surface area contributed by atoms with Crippen LogP contribution in [0.3, 0.4) is 0 Å². The number of rotatable bonds is 6. The lowest BCUT2D eigenvalue weighted by Gasteiger charge is -2.29. The third-order valence-electron chi connectivity index (χ3n) is 5.52. The summed E-state index contributed by atoms with van der Waals surface area (Å²) in [5.41, 5.74) is 8.68. The van der Waals surface area contributed by atoms with E-state index in [1.807, 2.05) is 54.9 Å². The van der Waals surface area contributed by atoms with Crippen molar-refractivity contribution in [3.63, 3.8) is 0 Å². The maximum absolute atomic E-state index is 13.2. The van der Waals surface area contributed by atoms with Crippen LogP contribution in [-0.4, -0.2) is 32.8 Å². The van der Waals surface area contributed by atoms with Crippen molar-refractivity contribution >= 4 is 16.9 Å². The highest BCUT2D eigenvalue weighted by atomic mass is 16.1. The van der Waals surface area contributed by atoms with Crippen LogP contribution in [0.4, 0.5) is 0 Å². The number of fused-ring (bicyclic) bond motifs is 1. The highest BCUT2D eigenvalue weighted by Crippen LogP contribution is 2.39. The van der Waals surface area contributed by atoms with E-state index < -0.39 is 0 Å². The third kappa shape index (κ3) is 3.21. The molecule has 6 heteroatoms. The van der Waals surface area contributed by atoms with E-state index >= 15 is 0 Å². The standard InChI is InChI=1S/C21H25N5O/c1-3-26-19-17(12-23-26)16(11-18(24-19)14-7-5-4-6-8-14)20(27)25-21(2,13-22)15-9-10-15/h4-8,11-12,15H,3,9-10,13,22H2,1-2H3,(H,25,27). The molecule has 1 aliphatic carbocycles. The van der Waals surface area contributed by atoms with Crippen molar-refractivity contribution in [1.29, 1.82) is 0 Å². The molecule has 3 N–H and O–H groups in total. The topological polar surface area (TPSA) is 85.8 Å². The molecule has 1 unspecified atom stereocenters. The number of amides is 1. The molecule has 2 aromatic heterocycles. The molecule has 0 spiro atoms. The molecule has 27 heavy (non-hydrogen) atoms. The second-order valence-corrected chi connectivity index (χ2v) is 7.47. The molecule has 1 fully saturated rings. The van der Waals surface area contributed by atoms with Crippen LogP contribution < -0.4 is 11.1 Å². The van der Waals surface area contributed by atoms with Crippen LogP contribution in [0, 0.1) is 5.92 Å². The summed E-state index contributed by atoms with van der Waals surface area (Å²) in [6, 6.07) is 11.8. The van der Waals surface area contributed by atoms with Gasteiger partial charge >= 0.3 is 0 Å². The summed E-state index contributed by atoms with van der Waals surface area (Å²) < 4.78 is 1.82. The van der Waals surface area contributed by atoms with Crippen molar-refractivity contribution in [3.8, 4) is 11.3 Å². The number of nitrogens with zero attached hydrogens (tertiary/aromatic N) is 3. The molecule has 140 valence electrons. The van der Waals surface area contributed by atoms with Gasteiger partial charge in [0.2, 0.25) is 0 Å². The minimum Gasteiger partial charge on any atom is -0.345 e. The van der Waals surface area contributed by atoms with E-state index in [2.05, 4.69) is 10.4 Å². The summed E-state index contributed by atoms with van der Waals surface area (Å²) in [7, 11) is 0. The molecule has 1 aliphatic rings. The Morgan fingerprint density at radius 3 is 2.70 bits per heavy atom. The van der Waals surface area contributed by atoms with Crippen molar-refractivity contribution in [1.82, 2.24) is 20.1 Å². The Kier molecular flexibility index (Phi) is 4.44. The first-order valence-electron chi connectivity index (χ1n) is 9.50. The average Bonchev–Trinajstić information content (AvgIpc) is 3.48. The molecule has 1 saturated carbocycles. The fourth-order valence-electron chi connectivity index (χ4n) is 3.59. The second kappa shape index (κ2) is 6.78. The first kappa shape index (κ1) is 17.7. The number of pyridine rings is 1. The van der Waals surface area contributed by atoms with Crippen molar-refractivity contribution in [2.24, 2.45) is 11.7 Å². The largest absolute Gasteiger partial charge is 0.345 e. The van der Waals surface area contributed by atoms with E-state index in [9.17, 15) is 4.79 Å². The number of aryl methyl sites for hydroxylation is 1. The fourth-order valence-corrected chi connectivity index (χ4v) is 3.59. The summed E-state index contributed by atoms with van der Waals surface area (Å²) in [5.74, 6) is 0.339. The summed E-state index contributed by atoms with van der Waals surface area (Å²) in [6.07, 6.45) is 3.96. The molecule has 0 saturated heterocycles. The van der Waals surface area contributed by atoms with Gasteiger partial charge in [0.1, 0.15) is 0 Å². The number of hydrogen-bond donors (Lipinski definition) is 2. The van der Waals surface area contributed by atoms with Gasteiger partial charge in [-0.2, -0.15) is 5.10 Å². The van der Waals surface area contributed by atoms with Crippen LogP contribution in [0.5, 0.6) is 0 Å². The van der Waals surface area contributed by atoms with Gasteiger partial charge in [0.15, 0.2) is 5.65 Å². The first-order valence-corrected chi connectivity index (χ1v) is 9.50. The van der Waals surface area contributed by atoms with Crippen molar-refractivity contribution in [2.45, 2.75) is 38.8 Å². The first-order chi connectivity index (χ1) is 13.1. The van der Waals surface area contributed by atoms with E-state index in [1.165, 1.54) is 0 Å². The normalized spacial score (nSPS) is 16.3. The molecule has 2 heterocycles. The Morgan fingerprint density at radius 1 is 1.33 bits per heavy atom. The van der Waals surface area contributed by atoms with E-state index in [1.54, 1.807) is 6.20 Å². The maximum Gasteiger partial charge on any atom is 0.252 e. The van der Waals surface area contributed by atoms with E-state index in [-0.39, 0.29) is 11.4 Å². The van der Waals surface area contributed by atoms with Gasteiger partial charge in [-0.3, -0.25) is 4.79 Å². The number of aromatic nitrogens is 3. The van der Waals surface area contributed by atoms with Crippen LogP contribution in [0.2, 0.25) is 0 Å². The van der Waals surface area contributed by atoms with Crippen LogP contribution >= 0.6 is 0 Å². The third-order valence-corrected chi connectivity index (χ3v) is 5.52. The van der Waals surface area contributed by atoms with Gasteiger partial charge in [-0.15, -0.1) is 0 Å². The lowest BCUT2D eigenvalue weighted by atomic mass is 9.95. The summed E-state index contributed by atoms with van der Waals surface area (Å²) in [5, 5.41) is 8.36. The molecular weight excluding hydrogens is 338 g/mol. The summed E-state index contributed by atoms with van der Waals surface area (Å²) in [6.45, 7) is 5.17. The van der Waals surface area contributed by atoms with Gasteiger partial charge in [-0.1, -0.05) is 30.3 Å². The summed E-state index contributed by atoms with van der Waals surface area (Å²) in [4.78, 5) is 18.0. The average molecular weight is 363 g/mol. The lowest BCUT2D eigenvalue weighted by Crippen LogP contribution is -2.53. The zero-order valence-electron chi connectivity index (χ0n) is 15.8. The van der Waals surface area contributed by atoms with Crippen LogP contribution in [0.25, 0.3) is 22.3 Å². The molecule has 1 amide bonds. The Balaban J connectivity index is 1.81. The second-order valence-electron chi connectivity index (χ2n) is 7.47. The molecule has 1 aromatic carbocycles. The van der Waals surface area contributed by atoms with Gasteiger partial charge in [-0.25, -0.2) is 9.67 Å². The smallest absolute Gasteiger partial charge is 0.252 e. The predicted molar refractivity (Wildman–Crippen MR) is 106 cm³/mol. The Morgan fingerprint density at radius 2 is 2.07 bits per heavy atom. The number of nitrogens with one attached hydrogen (secondary N) is 1. The summed E-state index contributed by atoms with van der Waals surface area (Å²) >= 11 is 0.